The first-order chi connectivity index (χ1) is 7.68. The minimum Gasteiger partial charge on any atom is -0.481 e. The van der Waals surface area contributed by atoms with Gasteiger partial charge in [-0.15, -0.1) is 0 Å². The minimum absolute atomic E-state index is 0.242. The van der Waals surface area contributed by atoms with Crippen LogP contribution in [0.4, 0.5) is 0 Å². The molecule has 0 spiro atoms. The maximum absolute atomic E-state index is 10.3. The van der Waals surface area contributed by atoms with Crippen molar-refractivity contribution < 1.29 is 14.6 Å². The summed E-state index contributed by atoms with van der Waals surface area (Å²) in [6.45, 7) is 4.67. The number of hydrogen-bond acceptors (Lipinski definition) is 3. The van der Waals surface area contributed by atoms with Crippen molar-refractivity contribution in [3.8, 4) is 0 Å². The molecule has 0 saturated heterocycles. The summed E-state index contributed by atoms with van der Waals surface area (Å²) in [7, 11) is 0. The van der Waals surface area contributed by atoms with Gasteiger partial charge in [-0.1, -0.05) is 0 Å². The summed E-state index contributed by atoms with van der Waals surface area (Å²) in [4.78, 5) is 10.3. The van der Waals surface area contributed by atoms with E-state index in [2.05, 4.69) is 5.32 Å². The van der Waals surface area contributed by atoms with Crippen LogP contribution >= 0.6 is 0 Å². The first-order valence-corrected chi connectivity index (χ1v) is 6.21. The van der Waals surface area contributed by atoms with E-state index < -0.39 is 5.97 Å². The molecular weight excluding hydrogens is 206 g/mol. The van der Waals surface area contributed by atoms with Gasteiger partial charge < -0.3 is 15.2 Å². The zero-order valence-electron chi connectivity index (χ0n) is 10.1. The average Bonchev–Trinajstić information content (AvgIpc) is 3.04. The van der Waals surface area contributed by atoms with Gasteiger partial charge >= 0.3 is 5.97 Å². The van der Waals surface area contributed by atoms with Crippen LogP contribution in [0.15, 0.2) is 0 Å². The van der Waals surface area contributed by atoms with E-state index in [0.717, 1.165) is 32.1 Å². The fraction of sp³-hybridized carbons (Fsp3) is 0.917. The highest BCUT2D eigenvalue weighted by Crippen LogP contribution is 2.28. The molecule has 1 atom stereocenters. The van der Waals surface area contributed by atoms with Crippen molar-refractivity contribution >= 4 is 5.97 Å². The Morgan fingerprint density at radius 3 is 2.94 bits per heavy atom. The first kappa shape index (κ1) is 13.5. The summed E-state index contributed by atoms with van der Waals surface area (Å²) in [6, 6.07) is 0.277. The van der Waals surface area contributed by atoms with E-state index in [1.54, 1.807) is 0 Å². The lowest BCUT2D eigenvalue weighted by Gasteiger charge is -2.12. The van der Waals surface area contributed by atoms with E-state index >= 15 is 0 Å². The van der Waals surface area contributed by atoms with Crippen molar-refractivity contribution in [2.24, 2.45) is 5.92 Å². The second-order valence-electron chi connectivity index (χ2n) is 4.66. The summed E-state index contributed by atoms with van der Waals surface area (Å²) in [6.07, 6.45) is 4.61. The zero-order valence-corrected chi connectivity index (χ0v) is 10.1. The van der Waals surface area contributed by atoms with Gasteiger partial charge in [0.25, 0.3) is 0 Å². The smallest absolute Gasteiger partial charge is 0.303 e. The van der Waals surface area contributed by atoms with Crippen molar-refractivity contribution in [2.45, 2.75) is 45.1 Å². The highest BCUT2D eigenvalue weighted by atomic mass is 16.5. The van der Waals surface area contributed by atoms with E-state index in [1.165, 1.54) is 12.8 Å². The molecule has 0 aliphatic heterocycles. The van der Waals surface area contributed by atoms with E-state index in [4.69, 9.17) is 9.84 Å². The van der Waals surface area contributed by atoms with Gasteiger partial charge in [0.2, 0.25) is 0 Å². The lowest BCUT2D eigenvalue weighted by atomic mass is 10.2. The van der Waals surface area contributed by atoms with Crippen LogP contribution < -0.4 is 5.32 Å². The Hall–Kier alpha value is -0.610. The number of carbonyl (C=O) groups is 1. The molecule has 0 aromatic heterocycles. The number of hydrogen-bond donors (Lipinski definition) is 2. The van der Waals surface area contributed by atoms with Crippen molar-refractivity contribution in [3.63, 3.8) is 0 Å². The van der Waals surface area contributed by atoms with Gasteiger partial charge in [0, 0.05) is 25.7 Å². The number of nitrogens with one attached hydrogen (secondary N) is 1. The summed E-state index contributed by atoms with van der Waals surface area (Å²) in [5, 5.41) is 11.8. The van der Waals surface area contributed by atoms with Crippen molar-refractivity contribution in [1.29, 1.82) is 0 Å². The van der Waals surface area contributed by atoms with Crippen molar-refractivity contribution in [3.05, 3.63) is 0 Å². The molecule has 0 heterocycles. The molecule has 0 bridgehead atoms. The Bertz CT molecular complexity index is 204. The maximum Gasteiger partial charge on any atom is 0.303 e. The Kier molecular flexibility index (Phi) is 6.42. The first-order valence-electron chi connectivity index (χ1n) is 6.21. The average molecular weight is 229 g/mol. The SMILES string of the molecule is CC(CCC(=O)O)NCCCOCC1CC1. The molecule has 0 amide bonds. The van der Waals surface area contributed by atoms with Crippen molar-refractivity contribution in [2.75, 3.05) is 19.8 Å². The molecule has 4 nitrogen and oxygen atoms in total. The van der Waals surface area contributed by atoms with Gasteiger partial charge in [-0.3, -0.25) is 4.79 Å². The number of carboxylic acid groups (broad SMARTS) is 1. The topological polar surface area (TPSA) is 58.6 Å². The summed E-state index contributed by atoms with van der Waals surface area (Å²) < 4.78 is 5.50. The summed E-state index contributed by atoms with van der Waals surface area (Å²) in [5.74, 6) is 0.115. The fourth-order valence-electron chi connectivity index (χ4n) is 1.50. The normalized spacial score (nSPS) is 17.3. The van der Waals surface area contributed by atoms with Crippen molar-refractivity contribution in [1.82, 2.24) is 5.32 Å². The van der Waals surface area contributed by atoms with Crippen LogP contribution in [0.5, 0.6) is 0 Å². The van der Waals surface area contributed by atoms with Crippen LogP contribution in [0.25, 0.3) is 0 Å². The molecular formula is C12H23NO3. The molecule has 1 unspecified atom stereocenters. The van der Waals surface area contributed by atoms with Gasteiger partial charge in [-0.2, -0.15) is 0 Å². The predicted molar refractivity (Wildman–Crippen MR) is 62.5 cm³/mol. The molecule has 1 aliphatic rings. The third-order valence-electron chi connectivity index (χ3n) is 2.80. The molecule has 0 aromatic carbocycles. The molecule has 4 heteroatoms. The van der Waals surface area contributed by atoms with Crippen LogP contribution in [-0.4, -0.2) is 36.9 Å². The Labute approximate surface area is 97.4 Å². The van der Waals surface area contributed by atoms with Gasteiger partial charge in [-0.05, 0) is 45.1 Å². The third kappa shape index (κ3) is 7.65. The molecule has 0 aromatic rings. The van der Waals surface area contributed by atoms with Crippen LogP contribution in [0, 0.1) is 5.92 Å². The Morgan fingerprint density at radius 2 is 2.31 bits per heavy atom. The number of rotatable bonds is 10. The van der Waals surface area contributed by atoms with E-state index in [-0.39, 0.29) is 12.5 Å². The molecule has 0 radical (unpaired) electrons. The molecule has 94 valence electrons. The molecule has 2 N–H and O–H groups in total. The Balaban J connectivity index is 1.79. The number of carboxylic acids is 1. The quantitative estimate of drug-likeness (QED) is 0.559. The predicted octanol–water partition coefficient (Wildman–Crippen LogP) is 1.65. The lowest BCUT2D eigenvalue weighted by Crippen LogP contribution is -2.28. The van der Waals surface area contributed by atoms with Crippen LogP contribution in [0.3, 0.4) is 0 Å². The Morgan fingerprint density at radius 1 is 1.56 bits per heavy atom. The van der Waals surface area contributed by atoms with Gasteiger partial charge in [0.1, 0.15) is 0 Å². The largest absolute Gasteiger partial charge is 0.481 e. The number of aliphatic carboxylic acids is 1. The molecule has 1 aliphatic carbocycles. The molecule has 16 heavy (non-hydrogen) atoms. The summed E-state index contributed by atoms with van der Waals surface area (Å²) >= 11 is 0. The fourth-order valence-corrected chi connectivity index (χ4v) is 1.50. The zero-order chi connectivity index (χ0) is 11.8. The monoisotopic (exact) mass is 229 g/mol. The maximum atomic E-state index is 10.3. The standard InChI is InChI=1S/C12H23NO3/c1-10(3-6-12(14)15)13-7-2-8-16-9-11-4-5-11/h10-11,13H,2-9H2,1H3,(H,14,15). The van der Waals surface area contributed by atoms with Crippen LogP contribution in [-0.2, 0) is 9.53 Å². The molecule has 1 saturated carbocycles. The lowest BCUT2D eigenvalue weighted by molar-refractivity contribution is -0.137. The third-order valence-corrected chi connectivity index (χ3v) is 2.80. The van der Waals surface area contributed by atoms with Gasteiger partial charge in [0.15, 0.2) is 0 Å². The van der Waals surface area contributed by atoms with E-state index in [9.17, 15) is 4.79 Å². The van der Waals surface area contributed by atoms with Crippen LogP contribution in [0.1, 0.15) is 39.0 Å². The number of ether oxygens (including phenoxy) is 1. The molecule has 1 fully saturated rings. The second kappa shape index (κ2) is 7.63. The van der Waals surface area contributed by atoms with E-state index in [0.29, 0.717) is 6.42 Å². The minimum atomic E-state index is -0.721. The highest BCUT2D eigenvalue weighted by Gasteiger charge is 2.20. The van der Waals surface area contributed by atoms with Gasteiger partial charge in [0.05, 0.1) is 0 Å². The highest BCUT2D eigenvalue weighted by molar-refractivity contribution is 5.66. The van der Waals surface area contributed by atoms with E-state index in [1.807, 2.05) is 6.92 Å². The van der Waals surface area contributed by atoms with Crippen LogP contribution in [0.2, 0.25) is 0 Å². The summed E-state index contributed by atoms with van der Waals surface area (Å²) in [5.41, 5.74) is 0. The second-order valence-corrected chi connectivity index (χ2v) is 4.66. The van der Waals surface area contributed by atoms with Gasteiger partial charge in [-0.25, -0.2) is 0 Å². The molecule has 1 rings (SSSR count).